The van der Waals surface area contributed by atoms with Crippen molar-refractivity contribution >= 4 is 34.1 Å². The number of hydrogen-bond donors (Lipinski definition) is 3. The van der Waals surface area contributed by atoms with Crippen LogP contribution >= 0.6 is 0 Å². The Morgan fingerprint density at radius 1 is 0.212 bits per heavy atom. The number of para-hydroxylation sites is 3. The fourth-order valence-electron chi connectivity index (χ4n) is 8.80. The summed E-state index contributed by atoms with van der Waals surface area (Å²) in [7, 11) is 0. The highest BCUT2D eigenvalue weighted by atomic mass is 14.9. The summed E-state index contributed by atoms with van der Waals surface area (Å²) in [5.41, 5.74) is 24.1. The van der Waals surface area contributed by atoms with E-state index in [0.29, 0.717) is 0 Å². The van der Waals surface area contributed by atoms with E-state index in [9.17, 15) is 0 Å². The molecule has 0 amide bonds. The predicted molar refractivity (Wildman–Crippen MR) is 282 cm³/mol. The molecule has 3 heteroatoms. The van der Waals surface area contributed by atoms with Crippen LogP contribution in [0.25, 0.3) is 66.8 Å². The third kappa shape index (κ3) is 9.43. The number of anilines is 6. The lowest BCUT2D eigenvalue weighted by Crippen LogP contribution is -1.94. The van der Waals surface area contributed by atoms with Gasteiger partial charge in [-0.25, -0.2) is 0 Å². The average molecular weight is 850 g/mol. The fraction of sp³-hybridized carbons (Fsp3) is 0.0476. The number of nitrogens with one attached hydrogen (secondary N) is 3. The van der Waals surface area contributed by atoms with Gasteiger partial charge in [0.25, 0.3) is 0 Å². The molecule has 0 atom stereocenters. The van der Waals surface area contributed by atoms with Gasteiger partial charge >= 0.3 is 0 Å². The van der Waals surface area contributed by atoms with Crippen molar-refractivity contribution in [2.75, 3.05) is 16.0 Å². The maximum atomic E-state index is 3.71. The second-order valence-electron chi connectivity index (χ2n) is 17.2. The maximum Gasteiger partial charge on any atom is 0.0463 e. The Kier molecular flexibility index (Phi) is 11.8. The summed E-state index contributed by atoms with van der Waals surface area (Å²) < 4.78 is 0. The summed E-state index contributed by atoms with van der Waals surface area (Å²) in [6.45, 7) is 6.41. The lowest BCUT2D eigenvalue weighted by molar-refractivity contribution is 1.46. The molecule has 0 fully saturated rings. The van der Waals surface area contributed by atoms with Crippen LogP contribution in [0.5, 0.6) is 0 Å². The molecule has 0 saturated heterocycles. The Bertz CT molecular complexity index is 2930. The molecule has 0 spiro atoms. The van der Waals surface area contributed by atoms with Gasteiger partial charge in [0.1, 0.15) is 0 Å². The molecular weight excluding hydrogens is 799 g/mol. The zero-order chi connectivity index (χ0) is 44.8. The Morgan fingerprint density at radius 3 is 0.758 bits per heavy atom. The molecule has 0 aliphatic rings. The first-order valence-electron chi connectivity index (χ1n) is 22.6. The van der Waals surface area contributed by atoms with Crippen LogP contribution in [0.1, 0.15) is 16.7 Å². The van der Waals surface area contributed by atoms with Crippen LogP contribution in [0.2, 0.25) is 0 Å². The highest BCUT2D eigenvalue weighted by Gasteiger charge is 2.12. The minimum absolute atomic E-state index is 1.04. The number of benzene rings is 10. The van der Waals surface area contributed by atoms with Crippen molar-refractivity contribution in [2.45, 2.75) is 20.8 Å². The van der Waals surface area contributed by atoms with Gasteiger partial charge in [-0.2, -0.15) is 0 Å². The minimum Gasteiger partial charge on any atom is -0.355 e. The van der Waals surface area contributed by atoms with Crippen LogP contribution in [-0.2, 0) is 0 Å². The van der Waals surface area contributed by atoms with Gasteiger partial charge in [0.2, 0.25) is 0 Å². The van der Waals surface area contributed by atoms with Crippen molar-refractivity contribution in [1.29, 1.82) is 0 Å². The summed E-state index contributed by atoms with van der Waals surface area (Å²) in [5, 5.41) is 11.1. The van der Waals surface area contributed by atoms with Crippen molar-refractivity contribution in [3.63, 3.8) is 0 Å². The number of aryl methyl sites for hydroxylation is 3. The standard InChI is InChI=1S/C63H51N3/c1-43-13-10-16-49(37-43)58-19-4-7-22-61(58)64-55-31-25-46(26-32-55)52-40-53(47-27-33-56(34-28-47)65-62-23-8-5-20-59(62)50-17-11-14-44(2)38-50)42-54(41-52)48-29-35-57(36-30-48)66-63-24-9-6-21-60(63)51-18-12-15-45(3)39-51/h4-42,64-66H,1-3H3. The van der Waals surface area contributed by atoms with Crippen molar-refractivity contribution in [2.24, 2.45) is 0 Å². The fourth-order valence-corrected chi connectivity index (χ4v) is 8.80. The van der Waals surface area contributed by atoms with Gasteiger partial charge in [0.05, 0.1) is 0 Å². The smallest absolute Gasteiger partial charge is 0.0463 e. The van der Waals surface area contributed by atoms with E-state index < -0.39 is 0 Å². The van der Waals surface area contributed by atoms with E-state index in [1.54, 1.807) is 0 Å². The highest BCUT2D eigenvalue weighted by molar-refractivity contribution is 5.87. The molecule has 66 heavy (non-hydrogen) atoms. The highest BCUT2D eigenvalue weighted by Crippen LogP contribution is 2.38. The lowest BCUT2D eigenvalue weighted by atomic mass is 9.93. The van der Waals surface area contributed by atoms with E-state index in [1.807, 2.05) is 0 Å². The summed E-state index contributed by atoms with van der Waals surface area (Å²) in [4.78, 5) is 0. The van der Waals surface area contributed by atoms with Gasteiger partial charge < -0.3 is 16.0 Å². The van der Waals surface area contributed by atoms with Gasteiger partial charge in [0.15, 0.2) is 0 Å². The molecule has 0 aliphatic heterocycles. The first kappa shape index (κ1) is 41.6. The Labute approximate surface area is 389 Å². The minimum atomic E-state index is 1.04. The van der Waals surface area contributed by atoms with Gasteiger partial charge in [-0.3, -0.25) is 0 Å². The van der Waals surface area contributed by atoms with E-state index in [1.165, 1.54) is 50.1 Å². The first-order chi connectivity index (χ1) is 32.4. The largest absolute Gasteiger partial charge is 0.355 e. The lowest BCUT2D eigenvalue weighted by Gasteiger charge is -2.16. The van der Waals surface area contributed by atoms with E-state index >= 15 is 0 Å². The van der Waals surface area contributed by atoms with Crippen LogP contribution in [0.3, 0.4) is 0 Å². The third-order valence-electron chi connectivity index (χ3n) is 12.2. The van der Waals surface area contributed by atoms with Crippen molar-refractivity contribution < 1.29 is 0 Å². The topological polar surface area (TPSA) is 36.1 Å². The number of hydrogen-bond acceptors (Lipinski definition) is 3. The Morgan fingerprint density at radius 2 is 0.485 bits per heavy atom. The van der Waals surface area contributed by atoms with Crippen LogP contribution in [-0.4, -0.2) is 0 Å². The van der Waals surface area contributed by atoms with Crippen LogP contribution in [0.4, 0.5) is 34.1 Å². The zero-order valence-corrected chi connectivity index (χ0v) is 37.5. The molecule has 0 unspecified atom stereocenters. The average Bonchev–Trinajstić information content (AvgIpc) is 3.35. The summed E-state index contributed by atoms with van der Waals surface area (Å²) in [6, 6.07) is 84.9. The normalized spacial score (nSPS) is 11.0. The molecule has 3 nitrogen and oxygen atoms in total. The van der Waals surface area contributed by atoms with Crippen LogP contribution in [0, 0.1) is 20.8 Å². The van der Waals surface area contributed by atoms with Crippen molar-refractivity contribution in [1.82, 2.24) is 0 Å². The van der Waals surface area contributed by atoms with Crippen LogP contribution in [0.15, 0.2) is 237 Å². The quantitative estimate of drug-likeness (QED) is 0.115. The second-order valence-corrected chi connectivity index (χ2v) is 17.2. The van der Waals surface area contributed by atoms with E-state index in [2.05, 4.69) is 273 Å². The van der Waals surface area contributed by atoms with Crippen molar-refractivity contribution in [3.8, 4) is 66.8 Å². The molecule has 0 aliphatic carbocycles. The van der Waals surface area contributed by atoms with Crippen molar-refractivity contribution in [3.05, 3.63) is 253 Å². The first-order valence-corrected chi connectivity index (χ1v) is 22.6. The molecule has 0 bridgehead atoms. The SMILES string of the molecule is Cc1cccc(-c2ccccc2Nc2ccc(-c3cc(-c4ccc(Nc5ccccc5-c5cccc(C)c5)cc4)cc(-c4ccc(Nc5ccccc5-c5cccc(C)c5)cc4)c3)cc2)c1. The molecular formula is C63H51N3. The Hall–Kier alpha value is -8.40. The number of rotatable bonds is 12. The molecule has 3 N–H and O–H groups in total. The zero-order valence-electron chi connectivity index (χ0n) is 37.5. The van der Waals surface area contributed by atoms with Gasteiger partial charge in [-0.15, -0.1) is 0 Å². The van der Waals surface area contributed by atoms with E-state index in [4.69, 9.17) is 0 Å². The van der Waals surface area contributed by atoms with Crippen LogP contribution < -0.4 is 16.0 Å². The van der Waals surface area contributed by atoms with E-state index in [0.717, 1.165) is 67.5 Å². The monoisotopic (exact) mass is 849 g/mol. The Balaban J connectivity index is 0.963. The molecule has 0 saturated carbocycles. The molecule has 0 radical (unpaired) electrons. The van der Waals surface area contributed by atoms with E-state index in [-0.39, 0.29) is 0 Å². The molecule has 0 heterocycles. The van der Waals surface area contributed by atoms with Gasteiger partial charge in [-0.05, 0) is 144 Å². The predicted octanol–water partition coefficient (Wildman–Crippen LogP) is 17.8. The molecule has 318 valence electrons. The molecule has 10 aromatic rings. The molecule has 0 aromatic heterocycles. The maximum absolute atomic E-state index is 3.71. The summed E-state index contributed by atoms with van der Waals surface area (Å²) in [5.74, 6) is 0. The van der Waals surface area contributed by atoms with Gasteiger partial charge in [0, 0.05) is 50.8 Å². The third-order valence-corrected chi connectivity index (χ3v) is 12.2. The second kappa shape index (κ2) is 18.8. The molecule has 10 aromatic carbocycles. The summed E-state index contributed by atoms with van der Waals surface area (Å²) in [6.07, 6.45) is 0. The summed E-state index contributed by atoms with van der Waals surface area (Å²) >= 11 is 0. The van der Waals surface area contributed by atoms with Gasteiger partial charge in [-0.1, -0.05) is 180 Å². The molecule has 10 rings (SSSR count).